The molecule has 0 saturated heterocycles. The van der Waals surface area contributed by atoms with Gasteiger partial charge in [0.05, 0.1) is 11.6 Å². The number of nitrogens with zero attached hydrogens (tertiary/aromatic N) is 2. The molecule has 0 saturated carbocycles. The van der Waals surface area contributed by atoms with Gasteiger partial charge in [-0.3, -0.25) is 4.99 Å². The predicted molar refractivity (Wildman–Crippen MR) is 116 cm³/mol. The van der Waals surface area contributed by atoms with Crippen molar-refractivity contribution in [1.29, 1.82) is 0 Å². The lowest BCUT2D eigenvalue weighted by Gasteiger charge is -2.12. The van der Waals surface area contributed by atoms with E-state index in [1.165, 1.54) is 15.0 Å². The molecule has 0 radical (unpaired) electrons. The van der Waals surface area contributed by atoms with Gasteiger partial charge >= 0.3 is 0 Å². The van der Waals surface area contributed by atoms with Gasteiger partial charge in [0.25, 0.3) is 0 Å². The molecule has 0 bridgehead atoms. The predicted octanol–water partition coefficient (Wildman–Crippen LogP) is 3.75. The van der Waals surface area contributed by atoms with Crippen molar-refractivity contribution >= 4 is 38.7 Å². The number of aromatic nitrogens is 1. The molecule has 0 amide bonds. The molecular formula is C20H26N4OS2. The van der Waals surface area contributed by atoms with Gasteiger partial charge in [-0.15, -0.1) is 22.7 Å². The first-order valence-corrected chi connectivity index (χ1v) is 10.9. The van der Waals surface area contributed by atoms with Crippen LogP contribution in [0.3, 0.4) is 0 Å². The molecule has 0 aliphatic carbocycles. The molecule has 1 atom stereocenters. The first-order chi connectivity index (χ1) is 13.2. The van der Waals surface area contributed by atoms with Crippen molar-refractivity contribution < 1.29 is 5.11 Å². The van der Waals surface area contributed by atoms with E-state index in [0.717, 1.165) is 41.8 Å². The lowest BCUT2D eigenvalue weighted by molar-refractivity contribution is 0.191. The van der Waals surface area contributed by atoms with Crippen LogP contribution in [0.1, 0.15) is 34.7 Å². The summed E-state index contributed by atoms with van der Waals surface area (Å²) in [5, 5.41) is 19.4. The van der Waals surface area contributed by atoms with E-state index < -0.39 is 6.10 Å². The second-order valence-electron chi connectivity index (χ2n) is 6.17. The summed E-state index contributed by atoms with van der Waals surface area (Å²) in [6.45, 7) is 6.06. The van der Waals surface area contributed by atoms with Gasteiger partial charge in [0.15, 0.2) is 5.96 Å². The number of aliphatic hydroxyl groups is 1. The molecule has 0 spiro atoms. The van der Waals surface area contributed by atoms with Crippen LogP contribution in [-0.4, -0.2) is 35.7 Å². The third kappa shape index (κ3) is 5.51. The number of thiazole rings is 1. The molecule has 2 heterocycles. The summed E-state index contributed by atoms with van der Waals surface area (Å²) in [6, 6.07) is 10.2. The summed E-state index contributed by atoms with van der Waals surface area (Å²) in [7, 11) is 0. The van der Waals surface area contributed by atoms with Crippen molar-refractivity contribution in [1.82, 2.24) is 15.6 Å². The van der Waals surface area contributed by atoms with Gasteiger partial charge in [-0.05, 0) is 30.9 Å². The van der Waals surface area contributed by atoms with E-state index in [1.807, 2.05) is 31.3 Å². The average molecular weight is 403 g/mol. The van der Waals surface area contributed by atoms with Gasteiger partial charge in [0.1, 0.15) is 6.10 Å². The van der Waals surface area contributed by atoms with E-state index in [4.69, 9.17) is 0 Å². The Balaban J connectivity index is 1.55. The number of hydrogen-bond donors (Lipinski definition) is 3. The van der Waals surface area contributed by atoms with Gasteiger partial charge in [-0.25, -0.2) is 4.98 Å². The lowest BCUT2D eigenvalue weighted by Crippen LogP contribution is -2.38. The third-order valence-electron chi connectivity index (χ3n) is 4.12. The van der Waals surface area contributed by atoms with Crippen molar-refractivity contribution in [3.8, 4) is 0 Å². The summed E-state index contributed by atoms with van der Waals surface area (Å²) in [5.41, 5.74) is 0. The number of thiophene rings is 1. The van der Waals surface area contributed by atoms with Crippen LogP contribution in [0.25, 0.3) is 10.1 Å². The molecule has 3 N–H and O–H groups in total. The number of aryl methyl sites for hydroxylation is 1. The number of fused-ring (bicyclic) bond motifs is 1. The summed E-state index contributed by atoms with van der Waals surface area (Å²) in [4.78, 5) is 11.3. The molecule has 3 rings (SSSR count). The normalized spacial score (nSPS) is 13.1. The van der Waals surface area contributed by atoms with Crippen molar-refractivity contribution in [3.63, 3.8) is 0 Å². The minimum Gasteiger partial charge on any atom is -0.386 e. The molecule has 3 aromatic rings. The summed E-state index contributed by atoms with van der Waals surface area (Å²) in [6.07, 6.45) is 3.27. The smallest absolute Gasteiger partial charge is 0.191 e. The van der Waals surface area contributed by atoms with Crippen molar-refractivity contribution in [2.45, 2.75) is 32.8 Å². The fourth-order valence-corrected chi connectivity index (χ4v) is 4.59. The van der Waals surface area contributed by atoms with E-state index in [-0.39, 0.29) is 0 Å². The van der Waals surface area contributed by atoms with Crippen LogP contribution in [0.5, 0.6) is 0 Å². The molecule has 1 unspecified atom stereocenters. The highest BCUT2D eigenvalue weighted by Gasteiger charge is 2.11. The van der Waals surface area contributed by atoms with Gasteiger partial charge in [-0.2, -0.15) is 0 Å². The van der Waals surface area contributed by atoms with Crippen molar-refractivity contribution in [3.05, 3.63) is 51.3 Å². The maximum atomic E-state index is 10.5. The Morgan fingerprint density at radius 1 is 1.22 bits per heavy atom. The van der Waals surface area contributed by atoms with Crippen molar-refractivity contribution in [2.75, 3.05) is 19.6 Å². The molecular weight excluding hydrogens is 376 g/mol. The zero-order valence-electron chi connectivity index (χ0n) is 15.7. The van der Waals surface area contributed by atoms with E-state index in [2.05, 4.69) is 39.7 Å². The maximum absolute atomic E-state index is 10.5. The minimum absolute atomic E-state index is 0.333. The second kappa shape index (κ2) is 9.82. The Morgan fingerprint density at radius 2 is 2.07 bits per heavy atom. The molecule has 0 aliphatic heterocycles. The Labute approximate surface area is 168 Å². The van der Waals surface area contributed by atoms with Crippen LogP contribution < -0.4 is 10.6 Å². The highest BCUT2D eigenvalue weighted by atomic mass is 32.1. The Morgan fingerprint density at radius 3 is 2.81 bits per heavy atom. The first-order valence-electron chi connectivity index (χ1n) is 9.32. The second-order valence-corrected chi connectivity index (χ2v) is 8.49. The SMILES string of the molecule is CCNC(=NCC(O)c1cc2ccccc2s1)NCCc1ncc(CC)s1. The monoisotopic (exact) mass is 402 g/mol. The first kappa shape index (κ1) is 19.8. The molecule has 0 fully saturated rings. The van der Waals surface area contributed by atoms with Gasteiger partial charge in [0, 0.05) is 40.2 Å². The fourth-order valence-electron chi connectivity index (χ4n) is 2.69. The van der Waals surface area contributed by atoms with E-state index in [1.54, 1.807) is 22.7 Å². The Hall–Kier alpha value is -1.96. The van der Waals surface area contributed by atoms with Crippen molar-refractivity contribution in [2.24, 2.45) is 4.99 Å². The number of aliphatic imine (C=N–C) groups is 1. The molecule has 1 aromatic carbocycles. The minimum atomic E-state index is -0.594. The highest BCUT2D eigenvalue weighted by Crippen LogP contribution is 2.29. The number of guanidine groups is 1. The summed E-state index contributed by atoms with van der Waals surface area (Å²) < 4.78 is 1.19. The van der Waals surface area contributed by atoms with E-state index in [0.29, 0.717) is 6.54 Å². The van der Waals surface area contributed by atoms with Crippen LogP contribution in [0.2, 0.25) is 0 Å². The van der Waals surface area contributed by atoms with Gasteiger partial charge < -0.3 is 15.7 Å². The summed E-state index contributed by atoms with van der Waals surface area (Å²) >= 11 is 3.39. The molecule has 5 nitrogen and oxygen atoms in total. The van der Waals surface area contributed by atoms with Crippen LogP contribution in [0.15, 0.2) is 41.5 Å². The highest BCUT2D eigenvalue weighted by molar-refractivity contribution is 7.19. The zero-order chi connectivity index (χ0) is 19.1. The number of nitrogens with one attached hydrogen (secondary N) is 2. The quantitative estimate of drug-likeness (QED) is 0.396. The number of benzene rings is 1. The molecule has 7 heteroatoms. The topological polar surface area (TPSA) is 69.5 Å². The Kier molecular flexibility index (Phi) is 7.20. The van der Waals surface area contributed by atoms with Crippen LogP contribution in [0, 0.1) is 0 Å². The maximum Gasteiger partial charge on any atom is 0.191 e. The zero-order valence-corrected chi connectivity index (χ0v) is 17.4. The average Bonchev–Trinajstić information content (AvgIpc) is 3.32. The van der Waals surface area contributed by atoms with Gasteiger partial charge in [0.2, 0.25) is 0 Å². The van der Waals surface area contributed by atoms with E-state index in [9.17, 15) is 5.11 Å². The van der Waals surface area contributed by atoms with Crippen LogP contribution >= 0.6 is 22.7 Å². The molecule has 0 aliphatic rings. The van der Waals surface area contributed by atoms with Crippen LogP contribution in [-0.2, 0) is 12.8 Å². The van der Waals surface area contributed by atoms with Crippen LogP contribution in [0.4, 0.5) is 0 Å². The standard InChI is InChI=1S/C20H26N4OS2/c1-3-15-12-23-19(26-15)9-10-22-20(21-4-2)24-13-16(25)18-11-14-7-5-6-8-17(14)27-18/h5-8,11-12,16,25H,3-4,9-10,13H2,1-2H3,(H2,21,22,24). The number of rotatable bonds is 8. The molecule has 144 valence electrons. The number of aliphatic hydroxyl groups excluding tert-OH is 1. The third-order valence-corrected chi connectivity index (χ3v) is 6.54. The molecule has 2 aromatic heterocycles. The van der Waals surface area contributed by atoms with Gasteiger partial charge in [-0.1, -0.05) is 25.1 Å². The Bertz CT molecular complexity index is 854. The largest absolute Gasteiger partial charge is 0.386 e. The lowest BCUT2D eigenvalue weighted by atomic mass is 10.2. The summed E-state index contributed by atoms with van der Waals surface area (Å²) in [5.74, 6) is 0.727. The van der Waals surface area contributed by atoms with E-state index >= 15 is 0 Å². The fraction of sp³-hybridized carbons (Fsp3) is 0.400. The number of hydrogen-bond acceptors (Lipinski definition) is 5. The molecule has 27 heavy (non-hydrogen) atoms.